The molecule has 0 aromatic rings. The zero-order chi connectivity index (χ0) is 17.2. The molecule has 2 amide bonds. The van der Waals surface area contributed by atoms with Gasteiger partial charge in [0.25, 0.3) is 0 Å². The van der Waals surface area contributed by atoms with Gasteiger partial charge in [0, 0.05) is 31.7 Å². The van der Waals surface area contributed by atoms with Crippen molar-refractivity contribution in [2.45, 2.75) is 57.0 Å². The highest BCUT2D eigenvalue weighted by Crippen LogP contribution is 2.31. The Labute approximate surface area is 134 Å². The van der Waals surface area contributed by atoms with Crippen LogP contribution in [0.25, 0.3) is 0 Å². The van der Waals surface area contributed by atoms with Gasteiger partial charge in [0.2, 0.25) is 0 Å². The molecule has 2 rings (SSSR count). The molecule has 23 heavy (non-hydrogen) atoms. The van der Waals surface area contributed by atoms with Gasteiger partial charge in [-0.1, -0.05) is 0 Å². The Hall–Kier alpha value is -1.02. The summed E-state index contributed by atoms with van der Waals surface area (Å²) in [6.45, 7) is 3.06. The van der Waals surface area contributed by atoms with Crippen molar-refractivity contribution in [2.24, 2.45) is 5.92 Å². The van der Waals surface area contributed by atoms with Crippen LogP contribution in [0.5, 0.6) is 0 Å². The molecule has 0 aromatic carbocycles. The van der Waals surface area contributed by atoms with Gasteiger partial charge in [-0.25, -0.2) is 4.79 Å². The molecule has 2 unspecified atom stereocenters. The Balaban J connectivity index is 1.71. The Morgan fingerprint density at radius 2 is 1.87 bits per heavy atom. The van der Waals surface area contributed by atoms with E-state index in [1.165, 1.54) is 17.7 Å². The molecule has 5 nitrogen and oxygen atoms in total. The van der Waals surface area contributed by atoms with Gasteiger partial charge < -0.3 is 15.3 Å². The van der Waals surface area contributed by atoms with Crippen molar-refractivity contribution in [3.05, 3.63) is 0 Å². The van der Waals surface area contributed by atoms with Gasteiger partial charge >= 0.3 is 12.2 Å². The fraction of sp³-hybridized carbons (Fsp3) is 0.933. The third-order valence-electron chi connectivity index (χ3n) is 4.98. The number of carbonyl (C=O) groups is 1. The average Bonchev–Trinajstić information content (AvgIpc) is 3.34. The quantitative estimate of drug-likeness (QED) is 0.805. The number of carbonyl (C=O) groups excluding carboxylic acids is 1. The van der Waals surface area contributed by atoms with E-state index < -0.39 is 18.2 Å². The number of rotatable bonds is 5. The lowest BCUT2D eigenvalue weighted by atomic mass is 9.91. The Bertz CT molecular complexity index is 407. The van der Waals surface area contributed by atoms with E-state index in [-0.39, 0.29) is 38.0 Å². The Morgan fingerprint density at radius 1 is 1.30 bits per heavy atom. The summed E-state index contributed by atoms with van der Waals surface area (Å²) >= 11 is 0. The number of piperidine rings is 1. The van der Waals surface area contributed by atoms with Crippen molar-refractivity contribution < 1.29 is 23.1 Å². The Kier molecular flexibility index (Phi) is 5.78. The van der Waals surface area contributed by atoms with Gasteiger partial charge in [0.05, 0.1) is 0 Å². The standard InChI is InChI=1S/C15H26F3N3O2/c1-10(20(2)12-3-4-12)9-19-14(23)21-7-5-11(6-8-21)13(22)15(16,17)18/h10-13,22H,3-9H2,1-2H3,(H,19,23). The number of nitrogens with one attached hydrogen (secondary N) is 1. The van der Waals surface area contributed by atoms with Crippen molar-refractivity contribution in [3.63, 3.8) is 0 Å². The molecule has 0 radical (unpaired) electrons. The van der Waals surface area contributed by atoms with Crippen molar-refractivity contribution >= 4 is 6.03 Å². The monoisotopic (exact) mass is 337 g/mol. The van der Waals surface area contributed by atoms with Crippen LogP contribution >= 0.6 is 0 Å². The molecule has 1 saturated heterocycles. The number of aliphatic hydroxyl groups excluding tert-OH is 1. The smallest absolute Gasteiger partial charge is 0.383 e. The molecule has 0 spiro atoms. The van der Waals surface area contributed by atoms with Crippen LogP contribution in [0.1, 0.15) is 32.6 Å². The summed E-state index contributed by atoms with van der Waals surface area (Å²) in [6.07, 6.45) is -4.14. The number of nitrogens with zero attached hydrogens (tertiary/aromatic N) is 2. The highest BCUT2D eigenvalue weighted by molar-refractivity contribution is 5.74. The number of likely N-dealkylation sites (tertiary alicyclic amines) is 1. The third kappa shape index (κ3) is 4.97. The maximum absolute atomic E-state index is 12.5. The van der Waals surface area contributed by atoms with Crippen LogP contribution < -0.4 is 5.32 Å². The minimum Gasteiger partial charge on any atom is -0.383 e. The van der Waals surface area contributed by atoms with Crippen LogP contribution in [-0.4, -0.2) is 72.0 Å². The van der Waals surface area contributed by atoms with E-state index in [1.807, 2.05) is 14.0 Å². The van der Waals surface area contributed by atoms with Crippen molar-refractivity contribution in [1.82, 2.24) is 15.1 Å². The molecule has 0 aromatic heterocycles. The van der Waals surface area contributed by atoms with Gasteiger partial charge in [-0.3, -0.25) is 4.90 Å². The molecular formula is C15H26F3N3O2. The van der Waals surface area contributed by atoms with Gasteiger partial charge in [0.1, 0.15) is 0 Å². The predicted molar refractivity (Wildman–Crippen MR) is 80.0 cm³/mol. The van der Waals surface area contributed by atoms with E-state index in [2.05, 4.69) is 10.2 Å². The normalized spacial score (nSPS) is 23.0. The second kappa shape index (κ2) is 7.25. The lowest BCUT2D eigenvalue weighted by molar-refractivity contribution is -0.222. The van der Waals surface area contributed by atoms with Crippen molar-refractivity contribution in [3.8, 4) is 0 Å². The number of amides is 2. The van der Waals surface area contributed by atoms with E-state index >= 15 is 0 Å². The molecule has 1 aliphatic heterocycles. The zero-order valence-electron chi connectivity index (χ0n) is 13.6. The van der Waals surface area contributed by atoms with E-state index in [4.69, 9.17) is 0 Å². The average molecular weight is 337 g/mol. The number of urea groups is 1. The summed E-state index contributed by atoms with van der Waals surface area (Å²) in [5.41, 5.74) is 0. The van der Waals surface area contributed by atoms with Crippen LogP contribution in [0, 0.1) is 5.92 Å². The van der Waals surface area contributed by atoms with Crippen LogP contribution in [-0.2, 0) is 0 Å². The highest BCUT2D eigenvalue weighted by Gasteiger charge is 2.44. The maximum Gasteiger partial charge on any atom is 0.414 e. The van der Waals surface area contributed by atoms with Crippen LogP contribution in [0.4, 0.5) is 18.0 Å². The number of hydrogen-bond acceptors (Lipinski definition) is 3. The van der Waals surface area contributed by atoms with Crippen molar-refractivity contribution in [2.75, 3.05) is 26.7 Å². The molecular weight excluding hydrogens is 311 g/mol. The van der Waals surface area contributed by atoms with Gasteiger partial charge in [-0.15, -0.1) is 0 Å². The summed E-state index contributed by atoms with van der Waals surface area (Å²) in [6, 6.07) is 0.610. The third-order valence-corrected chi connectivity index (χ3v) is 4.98. The molecule has 0 bridgehead atoms. The molecule has 2 fully saturated rings. The number of aliphatic hydroxyl groups is 1. The summed E-state index contributed by atoms with van der Waals surface area (Å²) in [5.74, 6) is -0.820. The highest BCUT2D eigenvalue weighted by atomic mass is 19.4. The largest absolute Gasteiger partial charge is 0.414 e. The predicted octanol–water partition coefficient (Wildman–Crippen LogP) is 1.81. The summed E-state index contributed by atoms with van der Waals surface area (Å²) in [7, 11) is 2.04. The maximum atomic E-state index is 12.5. The fourth-order valence-corrected chi connectivity index (χ4v) is 3.02. The van der Waals surface area contributed by atoms with Crippen LogP contribution in [0.15, 0.2) is 0 Å². The second-order valence-corrected chi connectivity index (χ2v) is 6.74. The molecule has 8 heteroatoms. The number of hydrogen-bond donors (Lipinski definition) is 2. The molecule has 1 saturated carbocycles. The first-order chi connectivity index (χ1) is 10.7. The molecule has 2 atom stereocenters. The SMILES string of the molecule is CC(CNC(=O)N1CCC(C(O)C(F)(F)F)CC1)N(C)C1CC1. The summed E-state index contributed by atoms with van der Waals surface area (Å²) in [4.78, 5) is 15.9. The first-order valence-electron chi connectivity index (χ1n) is 8.19. The van der Waals surface area contributed by atoms with Gasteiger partial charge in [-0.2, -0.15) is 13.2 Å². The molecule has 2 aliphatic rings. The summed E-state index contributed by atoms with van der Waals surface area (Å²) in [5, 5.41) is 12.1. The Morgan fingerprint density at radius 3 is 2.35 bits per heavy atom. The first-order valence-corrected chi connectivity index (χ1v) is 8.19. The number of halogens is 3. The summed E-state index contributed by atoms with van der Waals surface area (Å²) < 4.78 is 37.5. The van der Waals surface area contributed by atoms with Crippen molar-refractivity contribution in [1.29, 1.82) is 0 Å². The molecule has 1 heterocycles. The minimum atomic E-state index is -4.59. The van der Waals surface area contributed by atoms with Gasteiger partial charge in [0.15, 0.2) is 6.10 Å². The number of likely N-dealkylation sites (N-methyl/N-ethyl adjacent to an activating group) is 1. The lowest BCUT2D eigenvalue weighted by Crippen LogP contribution is -2.50. The number of alkyl halides is 3. The molecule has 1 aliphatic carbocycles. The van der Waals surface area contributed by atoms with E-state index in [9.17, 15) is 23.1 Å². The van der Waals surface area contributed by atoms with Crippen LogP contribution in [0.3, 0.4) is 0 Å². The minimum absolute atomic E-state index is 0.172. The first kappa shape index (κ1) is 18.3. The topological polar surface area (TPSA) is 55.8 Å². The fourth-order valence-electron chi connectivity index (χ4n) is 3.02. The molecule has 134 valence electrons. The van der Waals surface area contributed by atoms with Gasteiger partial charge in [-0.05, 0) is 45.6 Å². The van der Waals surface area contributed by atoms with E-state index in [0.29, 0.717) is 12.6 Å². The van der Waals surface area contributed by atoms with Crippen LogP contribution in [0.2, 0.25) is 0 Å². The zero-order valence-corrected chi connectivity index (χ0v) is 13.6. The van der Waals surface area contributed by atoms with E-state index in [1.54, 1.807) is 0 Å². The second-order valence-electron chi connectivity index (χ2n) is 6.74. The molecule has 2 N–H and O–H groups in total. The van der Waals surface area contributed by atoms with E-state index in [0.717, 1.165) is 0 Å². The lowest BCUT2D eigenvalue weighted by Gasteiger charge is -2.35.